The molecule has 5 aliphatic rings. The van der Waals surface area contributed by atoms with Crippen LogP contribution in [0.2, 0.25) is 0 Å². The highest BCUT2D eigenvalue weighted by Crippen LogP contribution is 2.39. The summed E-state index contributed by atoms with van der Waals surface area (Å²) < 4.78 is 49.4. The molecule has 1 aromatic carbocycles. The van der Waals surface area contributed by atoms with Crippen molar-refractivity contribution >= 4 is 29.5 Å². The third-order valence-electron chi connectivity index (χ3n) is 16.9. The summed E-state index contributed by atoms with van der Waals surface area (Å²) in [4.78, 5) is 64.5. The van der Waals surface area contributed by atoms with Crippen LogP contribution in [0.5, 0.6) is 5.75 Å². The average Bonchev–Trinajstić information content (AvgIpc) is 1.44. The van der Waals surface area contributed by atoms with Gasteiger partial charge in [-0.05, 0) is 63.6 Å². The van der Waals surface area contributed by atoms with Crippen LogP contribution in [-0.4, -0.2) is 266 Å². The molecule has 88 heavy (non-hydrogen) atoms. The molecule has 2 saturated carbocycles. The molecule has 6 rings (SSSR count). The fourth-order valence-electron chi connectivity index (χ4n) is 12.4. The van der Waals surface area contributed by atoms with E-state index in [-0.39, 0.29) is 18.4 Å². The highest BCUT2D eigenvalue weighted by atomic mass is 16.7. The predicted molar refractivity (Wildman–Crippen MR) is 307 cm³/mol. The Hall–Kier alpha value is -4.61. The fraction of sp³-hybridized carbons (Fsp3) is 0.780. The van der Waals surface area contributed by atoms with Crippen molar-refractivity contribution in [1.29, 1.82) is 0 Å². The second kappa shape index (κ2) is 34.7. The second-order valence-electron chi connectivity index (χ2n) is 23.5. The first kappa shape index (κ1) is 72.5. The Morgan fingerprint density at radius 1 is 0.511 bits per heavy atom. The van der Waals surface area contributed by atoms with Crippen molar-refractivity contribution < 1.29 is 118 Å². The maximum Gasteiger partial charge on any atom is 0.251 e. The van der Waals surface area contributed by atoms with Gasteiger partial charge < -0.3 is 121 Å². The molecule has 2 aliphatic carbocycles. The van der Waals surface area contributed by atoms with Crippen LogP contribution >= 0.6 is 0 Å². The quantitative estimate of drug-likeness (QED) is 0.0270. The molecule has 1 aromatic rings. The van der Waals surface area contributed by atoms with Crippen molar-refractivity contribution in [2.24, 2.45) is 11.8 Å². The lowest BCUT2D eigenvalue weighted by molar-refractivity contribution is -0.342. The van der Waals surface area contributed by atoms with E-state index in [0.29, 0.717) is 18.8 Å². The Bertz CT molecular complexity index is 2400. The lowest BCUT2D eigenvalue weighted by Gasteiger charge is -2.52. The topological polar surface area (TPSA) is 442 Å². The number of ether oxygens (including phenoxy) is 8. The van der Waals surface area contributed by atoms with E-state index in [0.717, 1.165) is 33.1 Å². The van der Waals surface area contributed by atoms with E-state index in [1.807, 2.05) is 0 Å². The van der Waals surface area contributed by atoms with E-state index in [1.165, 1.54) is 45.2 Å². The minimum Gasteiger partial charge on any atom is -0.494 e. The summed E-state index contributed by atoms with van der Waals surface area (Å²) in [5.74, 6) is -5.13. The summed E-state index contributed by atoms with van der Waals surface area (Å²) in [5.41, 5.74) is 0.0792. The largest absolute Gasteiger partial charge is 0.494 e. The molecule has 29 nitrogen and oxygen atoms in total. The smallest absolute Gasteiger partial charge is 0.251 e. The summed E-state index contributed by atoms with van der Waals surface area (Å²) in [6.45, 7) is 4.91. The van der Waals surface area contributed by atoms with Crippen molar-refractivity contribution in [3.63, 3.8) is 0 Å². The molecule has 3 heterocycles. The van der Waals surface area contributed by atoms with Crippen LogP contribution in [-0.2, 0) is 52.3 Å². The number of hydrogen-bond donors (Lipinski definition) is 16. The van der Waals surface area contributed by atoms with E-state index in [4.69, 9.17) is 37.9 Å². The standard InChI is InChI=1S/C59H95N5O24/c1-7-8-9-10-11-12-13-14-15-19-81-36-18-16-17-33(20-36)57(80)64-45-48(75)47(74)39(25-67)85-58(45)88-56-41(27-69)86-59(46(52(56)79)63-32(6)73)87-54-35(24-66)22-37(43(51(54)78)61-30(4)71)83-53-34(23-65)21-38(44(50(53)77)62-31(5)72)84-55-40(26-68)82-28(2)42(49(55)76)60-29(3)70/h12-13,16-18,20,28,34-35,37-56,58-59,65-69,74-79H,7-11,14-15,19,21-27H2,1-6H3,(H,60,70)(H,61,71)(H,62,72)(H,63,73)(H,64,80)/b13-12-/t28?,34-,35?,37+,38?,39?,40?,41-,42+,43+,44?,45-,46?,47+,48+,49+,50?,51+,52?,53+,54?,55?,56+,58?,59?/m0/s1. The number of amides is 5. The van der Waals surface area contributed by atoms with Crippen LogP contribution in [0.15, 0.2) is 36.4 Å². The van der Waals surface area contributed by atoms with E-state index in [9.17, 15) is 80.1 Å². The zero-order valence-electron chi connectivity index (χ0n) is 50.7. The summed E-state index contributed by atoms with van der Waals surface area (Å²) in [7, 11) is 0. The minimum atomic E-state index is -1.93. The fourth-order valence-corrected chi connectivity index (χ4v) is 12.4. The molecule has 25 atom stereocenters. The summed E-state index contributed by atoms with van der Waals surface area (Å²) >= 11 is 0. The maximum absolute atomic E-state index is 13.9. The molecule has 0 radical (unpaired) electrons. The Balaban J connectivity index is 1.18. The first-order valence-corrected chi connectivity index (χ1v) is 30.5. The van der Waals surface area contributed by atoms with Crippen LogP contribution in [0, 0.1) is 11.8 Å². The van der Waals surface area contributed by atoms with Crippen molar-refractivity contribution in [2.75, 3.05) is 39.6 Å². The van der Waals surface area contributed by atoms with Crippen LogP contribution in [0.1, 0.15) is 110 Å². The number of aliphatic hydroxyl groups is 11. The van der Waals surface area contributed by atoms with Crippen molar-refractivity contribution in [2.45, 2.75) is 240 Å². The Labute approximate surface area is 511 Å². The average molecular weight is 1260 g/mol. The van der Waals surface area contributed by atoms with Crippen LogP contribution in [0.3, 0.4) is 0 Å². The number of carbonyl (C=O) groups excluding carboxylic acids is 5. The summed E-state index contributed by atoms with van der Waals surface area (Å²) in [6.07, 6.45) is -16.6. The first-order chi connectivity index (χ1) is 42.0. The first-order valence-electron chi connectivity index (χ1n) is 30.5. The molecule has 16 N–H and O–H groups in total. The predicted octanol–water partition coefficient (Wildman–Crippen LogP) is -3.83. The molecule has 0 bridgehead atoms. The normalized spacial score (nSPS) is 37.8. The Morgan fingerprint density at radius 2 is 0.966 bits per heavy atom. The highest BCUT2D eigenvalue weighted by molar-refractivity contribution is 5.94. The van der Waals surface area contributed by atoms with Gasteiger partial charge in [-0.15, -0.1) is 0 Å². The number of unbranched alkanes of at least 4 members (excludes halogenated alkanes) is 5. The molecule has 500 valence electrons. The molecule has 29 heteroatoms. The molecule has 3 aliphatic heterocycles. The Kier molecular flexibility index (Phi) is 28.6. The molecular formula is C59H95N5O24. The van der Waals surface area contributed by atoms with Gasteiger partial charge in [0.25, 0.3) is 5.91 Å². The minimum absolute atomic E-state index is 0.0792. The van der Waals surface area contributed by atoms with Crippen molar-refractivity contribution in [1.82, 2.24) is 26.6 Å². The molecule has 3 saturated heterocycles. The third kappa shape index (κ3) is 18.8. The number of nitrogens with one attached hydrogen (secondary N) is 5. The van der Waals surface area contributed by atoms with Gasteiger partial charge in [0.1, 0.15) is 85.0 Å². The second-order valence-corrected chi connectivity index (χ2v) is 23.5. The number of rotatable bonds is 29. The number of allylic oxidation sites excluding steroid dienone is 2. The molecule has 5 amide bonds. The van der Waals surface area contributed by atoms with Gasteiger partial charge in [0, 0.05) is 58.3 Å². The molecule has 5 fully saturated rings. The van der Waals surface area contributed by atoms with Gasteiger partial charge in [-0.2, -0.15) is 0 Å². The number of hydrogen-bond acceptors (Lipinski definition) is 24. The van der Waals surface area contributed by atoms with Crippen molar-refractivity contribution in [3.05, 3.63) is 42.0 Å². The van der Waals surface area contributed by atoms with E-state index in [2.05, 4.69) is 45.7 Å². The van der Waals surface area contributed by atoms with Gasteiger partial charge in [-0.25, -0.2) is 0 Å². The lowest BCUT2D eigenvalue weighted by atomic mass is 9.77. The number of benzene rings is 1. The maximum atomic E-state index is 13.9. The van der Waals surface area contributed by atoms with Crippen LogP contribution in [0.25, 0.3) is 0 Å². The van der Waals surface area contributed by atoms with E-state index in [1.54, 1.807) is 19.1 Å². The van der Waals surface area contributed by atoms with Crippen LogP contribution < -0.4 is 31.3 Å². The van der Waals surface area contributed by atoms with Gasteiger partial charge in [0.05, 0.1) is 75.1 Å². The SMILES string of the molecule is CCCCCC/C=C\CCCOc1cccc(C(=O)N[C@@H]2C(O[C@H]3C(O)C(NC(C)=O)C(OC4C(CO)C[C@@H](O[C@H]5C(O)C(NC(C)=O)C(OC6C(CO)OC(C)[C@@H](NC(C)=O)[C@H]6O)C[C@H]5CO)[C@@H](NC(C)=O)[C@H]4O)O[C@H]3CO)OC(CO)[C@@H](O)[C@@H]2O)c1. The van der Waals surface area contributed by atoms with Crippen molar-refractivity contribution in [3.8, 4) is 5.75 Å². The number of aliphatic hydroxyl groups excluding tert-OH is 11. The van der Waals surface area contributed by atoms with Crippen LogP contribution in [0.4, 0.5) is 0 Å². The molecular weight excluding hydrogens is 1160 g/mol. The summed E-state index contributed by atoms with van der Waals surface area (Å²) in [6, 6.07) is -0.833. The summed E-state index contributed by atoms with van der Waals surface area (Å²) in [5, 5.41) is 137. The molecule has 0 aromatic heterocycles. The molecule has 0 spiro atoms. The number of carbonyl (C=O) groups is 5. The highest BCUT2D eigenvalue weighted by Gasteiger charge is 2.57. The van der Waals surface area contributed by atoms with Gasteiger partial charge in [-0.1, -0.05) is 44.4 Å². The zero-order chi connectivity index (χ0) is 64.5. The van der Waals surface area contributed by atoms with Gasteiger partial charge in [0.15, 0.2) is 12.6 Å². The Morgan fingerprint density at radius 3 is 1.51 bits per heavy atom. The van der Waals surface area contributed by atoms with Gasteiger partial charge in [0.2, 0.25) is 23.6 Å². The molecule has 13 unspecified atom stereocenters. The lowest BCUT2D eigenvalue weighted by Crippen LogP contribution is -2.70. The monoisotopic (exact) mass is 1260 g/mol. The van der Waals surface area contributed by atoms with E-state index < -0.39 is 215 Å². The van der Waals surface area contributed by atoms with Gasteiger partial charge in [-0.3, -0.25) is 24.0 Å². The third-order valence-corrected chi connectivity index (χ3v) is 16.9. The van der Waals surface area contributed by atoms with E-state index >= 15 is 0 Å². The van der Waals surface area contributed by atoms with Gasteiger partial charge >= 0.3 is 0 Å². The zero-order valence-corrected chi connectivity index (χ0v) is 50.7.